The summed E-state index contributed by atoms with van der Waals surface area (Å²) in [7, 11) is 0. The Labute approximate surface area is 85.1 Å². The van der Waals surface area contributed by atoms with Gasteiger partial charge in [0.25, 0.3) is 0 Å². The van der Waals surface area contributed by atoms with Crippen molar-refractivity contribution in [3.8, 4) is 0 Å². The van der Waals surface area contributed by atoms with Crippen LogP contribution in [0.3, 0.4) is 0 Å². The van der Waals surface area contributed by atoms with Crippen molar-refractivity contribution in [1.29, 1.82) is 0 Å². The van der Waals surface area contributed by atoms with Crippen molar-refractivity contribution in [1.82, 2.24) is 0 Å². The molecule has 1 spiro atoms. The summed E-state index contributed by atoms with van der Waals surface area (Å²) >= 11 is 0. The summed E-state index contributed by atoms with van der Waals surface area (Å²) in [6.07, 6.45) is 0.131. The van der Waals surface area contributed by atoms with Crippen molar-refractivity contribution in [2.75, 3.05) is 0 Å². The molecule has 84 valence electrons. The number of aliphatic carboxylic acids is 2. The fourth-order valence-electron chi connectivity index (χ4n) is 2.93. The molecule has 2 aliphatic rings. The maximum absolute atomic E-state index is 10.6. The molecule has 0 atom stereocenters. The van der Waals surface area contributed by atoms with Crippen LogP contribution in [-0.2, 0) is 9.59 Å². The Kier molecular flexibility index (Phi) is 1.74. The molecular formula is C9H12O6. The van der Waals surface area contributed by atoms with Crippen molar-refractivity contribution in [2.45, 2.75) is 36.9 Å². The van der Waals surface area contributed by atoms with Gasteiger partial charge in [-0.1, -0.05) is 0 Å². The van der Waals surface area contributed by atoms with Crippen LogP contribution in [0.4, 0.5) is 0 Å². The van der Waals surface area contributed by atoms with Crippen molar-refractivity contribution < 1.29 is 30.0 Å². The van der Waals surface area contributed by atoms with E-state index in [1.54, 1.807) is 0 Å². The second-order valence-corrected chi connectivity index (χ2v) is 4.88. The second-order valence-electron chi connectivity index (χ2n) is 4.88. The molecule has 0 aliphatic heterocycles. The van der Waals surface area contributed by atoms with E-state index in [9.17, 15) is 19.8 Å². The number of carbonyl (C=O) groups is 2. The van der Waals surface area contributed by atoms with Crippen LogP contribution in [0.1, 0.15) is 25.7 Å². The predicted octanol–water partition coefficient (Wildman–Crippen LogP) is -0.808. The number of hydrogen-bond donors (Lipinski definition) is 4. The normalized spacial score (nSPS) is 48.1. The molecule has 0 unspecified atom stereocenters. The molecule has 2 rings (SSSR count). The van der Waals surface area contributed by atoms with Gasteiger partial charge in [-0.2, -0.15) is 0 Å². The molecule has 0 amide bonds. The number of carboxylic acids is 2. The average molecular weight is 216 g/mol. The van der Waals surface area contributed by atoms with Crippen molar-refractivity contribution in [2.24, 2.45) is 5.41 Å². The molecule has 0 bridgehead atoms. The molecule has 2 fully saturated rings. The number of carboxylic acid groups (broad SMARTS) is 2. The van der Waals surface area contributed by atoms with Crippen molar-refractivity contribution in [3.63, 3.8) is 0 Å². The fourth-order valence-corrected chi connectivity index (χ4v) is 2.93. The highest BCUT2D eigenvalue weighted by Gasteiger charge is 2.69. The van der Waals surface area contributed by atoms with Crippen LogP contribution < -0.4 is 0 Å². The highest BCUT2D eigenvalue weighted by molar-refractivity contribution is 5.82. The van der Waals surface area contributed by atoms with Gasteiger partial charge in [0, 0.05) is 0 Å². The molecule has 6 nitrogen and oxygen atoms in total. The number of hydrogen-bond acceptors (Lipinski definition) is 4. The summed E-state index contributed by atoms with van der Waals surface area (Å²) in [6.45, 7) is 0. The van der Waals surface area contributed by atoms with Gasteiger partial charge in [-0.25, -0.2) is 9.59 Å². The van der Waals surface area contributed by atoms with Gasteiger partial charge < -0.3 is 20.4 Å². The van der Waals surface area contributed by atoms with Gasteiger partial charge in [-0.15, -0.1) is 0 Å². The lowest BCUT2D eigenvalue weighted by Gasteiger charge is -2.61. The Hall–Kier alpha value is -1.14. The minimum atomic E-state index is -1.72. The largest absolute Gasteiger partial charge is 0.479 e. The quantitative estimate of drug-likeness (QED) is 0.480. The van der Waals surface area contributed by atoms with E-state index in [0.717, 1.165) is 0 Å². The first kappa shape index (κ1) is 10.4. The molecule has 0 radical (unpaired) electrons. The smallest absolute Gasteiger partial charge is 0.335 e. The molecule has 0 saturated heterocycles. The molecule has 4 N–H and O–H groups in total. The SMILES string of the molecule is O=C(O)C1(O)CC2(C1)CC(O)(C(=O)O)C2. The third-order valence-corrected chi connectivity index (χ3v) is 3.47. The van der Waals surface area contributed by atoms with Crippen molar-refractivity contribution in [3.05, 3.63) is 0 Å². The summed E-state index contributed by atoms with van der Waals surface area (Å²) in [5.41, 5.74) is -3.93. The van der Waals surface area contributed by atoms with E-state index in [1.165, 1.54) is 0 Å². The van der Waals surface area contributed by atoms with Crippen LogP contribution in [-0.4, -0.2) is 43.6 Å². The Morgan fingerprint density at radius 3 is 1.27 bits per heavy atom. The topological polar surface area (TPSA) is 115 Å². The van der Waals surface area contributed by atoms with Gasteiger partial charge in [0.15, 0.2) is 11.2 Å². The van der Waals surface area contributed by atoms with Gasteiger partial charge in [0.05, 0.1) is 0 Å². The second kappa shape index (κ2) is 2.51. The first-order valence-electron chi connectivity index (χ1n) is 4.63. The van der Waals surface area contributed by atoms with Crippen LogP contribution >= 0.6 is 0 Å². The zero-order valence-electron chi connectivity index (χ0n) is 7.93. The summed E-state index contributed by atoms with van der Waals surface area (Å²) in [4.78, 5) is 21.2. The van der Waals surface area contributed by atoms with Crippen molar-refractivity contribution >= 4 is 11.9 Å². The average Bonchev–Trinajstić information content (AvgIpc) is 1.97. The maximum atomic E-state index is 10.6. The number of aliphatic hydroxyl groups is 2. The summed E-state index contributed by atoms with van der Waals surface area (Å²) in [5.74, 6) is -2.56. The van der Waals surface area contributed by atoms with Crippen LogP contribution in [0.2, 0.25) is 0 Å². The zero-order chi connectivity index (χ0) is 11.5. The first-order chi connectivity index (χ1) is 6.72. The third kappa shape index (κ3) is 1.25. The lowest BCUT2D eigenvalue weighted by molar-refractivity contribution is -0.243. The predicted molar refractivity (Wildman–Crippen MR) is 46.1 cm³/mol. The Bertz CT molecular complexity index is 297. The molecule has 0 aromatic heterocycles. The van der Waals surface area contributed by atoms with E-state index >= 15 is 0 Å². The Balaban J connectivity index is 1.98. The molecule has 6 heteroatoms. The van der Waals surface area contributed by atoms with Gasteiger partial charge >= 0.3 is 11.9 Å². The zero-order valence-corrected chi connectivity index (χ0v) is 7.93. The monoisotopic (exact) mass is 216 g/mol. The lowest BCUT2D eigenvalue weighted by atomic mass is 9.45. The highest BCUT2D eigenvalue weighted by atomic mass is 16.4. The minimum absolute atomic E-state index is 0.0327. The van der Waals surface area contributed by atoms with E-state index in [4.69, 9.17) is 10.2 Å². The maximum Gasteiger partial charge on any atom is 0.335 e. The molecule has 0 heterocycles. The molecule has 0 aromatic carbocycles. The van der Waals surface area contributed by atoms with Crippen LogP contribution in [0.5, 0.6) is 0 Å². The molecular weight excluding hydrogens is 204 g/mol. The molecule has 15 heavy (non-hydrogen) atoms. The lowest BCUT2D eigenvalue weighted by Crippen LogP contribution is -2.68. The minimum Gasteiger partial charge on any atom is -0.479 e. The van der Waals surface area contributed by atoms with E-state index in [-0.39, 0.29) is 25.7 Å². The van der Waals surface area contributed by atoms with Gasteiger partial charge in [-0.3, -0.25) is 0 Å². The van der Waals surface area contributed by atoms with Crippen LogP contribution in [0.25, 0.3) is 0 Å². The van der Waals surface area contributed by atoms with E-state index in [0.29, 0.717) is 0 Å². The first-order valence-corrected chi connectivity index (χ1v) is 4.63. The summed E-state index contributed by atoms with van der Waals surface area (Å²) in [5, 5.41) is 36.2. The van der Waals surface area contributed by atoms with E-state index in [2.05, 4.69) is 0 Å². The molecule has 2 aliphatic carbocycles. The summed E-state index contributed by atoms with van der Waals surface area (Å²) < 4.78 is 0. The van der Waals surface area contributed by atoms with Gasteiger partial charge in [0.2, 0.25) is 0 Å². The molecule has 0 aromatic rings. The fraction of sp³-hybridized carbons (Fsp3) is 0.778. The van der Waals surface area contributed by atoms with E-state index < -0.39 is 28.6 Å². The van der Waals surface area contributed by atoms with Crippen LogP contribution in [0, 0.1) is 5.41 Å². The molecule has 2 saturated carbocycles. The van der Waals surface area contributed by atoms with Crippen LogP contribution in [0.15, 0.2) is 0 Å². The Morgan fingerprint density at radius 1 is 0.800 bits per heavy atom. The Morgan fingerprint density at radius 2 is 1.07 bits per heavy atom. The summed E-state index contributed by atoms with van der Waals surface area (Å²) in [6, 6.07) is 0. The highest BCUT2D eigenvalue weighted by Crippen LogP contribution is 2.64. The van der Waals surface area contributed by atoms with Gasteiger partial charge in [-0.05, 0) is 31.1 Å². The van der Waals surface area contributed by atoms with E-state index in [1.807, 2.05) is 0 Å². The van der Waals surface area contributed by atoms with Gasteiger partial charge in [0.1, 0.15) is 0 Å². The standard InChI is InChI=1S/C9H12O6/c10-5(11)8(14)1-7(2-8)3-9(15,4-7)6(12)13/h14-15H,1-4H2,(H,10,11)(H,12,13). The number of rotatable bonds is 2. The third-order valence-electron chi connectivity index (χ3n) is 3.47.